The molecule has 2 rings (SSSR count). The second kappa shape index (κ2) is 5.19. The minimum absolute atomic E-state index is 0.0311. The van der Waals surface area contributed by atoms with E-state index in [1.807, 2.05) is 18.2 Å². The third kappa shape index (κ3) is 2.72. The molecule has 0 aliphatic heterocycles. The molecule has 1 aromatic carbocycles. The summed E-state index contributed by atoms with van der Waals surface area (Å²) in [5, 5.41) is 3.32. The van der Waals surface area contributed by atoms with Gasteiger partial charge in [-0.15, -0.1) is 0 Å². The Morgan fingerprint density at radius 1 is 1.42 bits per heavy atom. The Balaban J connectivity index is 2.34. The maximum atomic E-state index is 11.5. The standard InChI is InChI=1S/C14H21N3O2/c1-14(2,9-16-7-6-15)10-4-5-12-11(8-10)17(3)13(18)19-12/h4-5,8,16H,6-7,9,15H2,1-3H3. The number of hydrogen-bond donors (Lipinski definition) is 2. The summed E-state index contributed by atoms with van der Waals surface area (Å²) >= 11 is 0. The third-order valence-corrected chi connectivity index (χ3v) is 3.46. The molecule has 1 aromatic heterocycles. The first-order valence-corrected chi connectivity index (χ1v) is 6.46. The van der Waals surface area contributed by atoms with E-state index in [2.05, 4.69) is 19.2 Å². The largest absolute Gasteiger partial charge is 0.419 e. The summed E-state index contributed by atoms with van der Waals surface area (Å²) in [6.07, 6.45) is 0. The molecule has 5 nitrogen and oxygen atoms in total. The summed E-state index contributed by atoms with van der Waals surface area (Å²) in [5.74, 6) is -0.328. The van der Waals surface area contributed by atoms with E-state index in [-0.39, 0.29) is 11.2 Å². The zero-order valence-electron chi connectivity index (χ0n) is 11.7. The molecule has 0 aliphatic rings. The van der Waals surface area contributed by atoms with Crippen molar-refractivity contribution in [1.82, 2.24) is 9.88 Å². The molecule has 0 radical (unpaired) electrons. The Morgan fingerprint density at radius 2 is 2.16 bits per heavy atom. The van der Waals surface area contributed by atoms with Crippen LogP contribution in [0.25, 0.3) is 11.1 Å². The van der Waals surface area contributed by atoms with Crippen LogP contribution in [0, 0.1) is 0 Å². The van der Waals surface area contributed by atoms with Gasteiger partial charge in [0, 0.05) is 32.1 Å². The van der Waals surface area contributed by atoms with E-state index in [9.17, 15) is 4.79 Å². The zero-order chi connectivity index (χ0) is 14.0. The SMILES string of the molecule is Cn1c(=O)oc2ccc(C(C)(C)CNCCN)cc21. The third-order valence-electron chi connectivity index (χ3n) is 3.46. The van der Waals surface area contributed by atoms with Crippen molar-refractivity contribution in [3.63, 3.8) is 0 Å². The normalized spacial score (nSPS) is 12.2. The average molecular weight is 263 g/mol. The fourth-order valence-electron chi connectivity index (χ4n) is 2.15. The number of fused-ring (bicyclic) bond motifs is 1. The van der Waals surface area contributed by atoms with Crippen molar-refractivity contribution in [2.75, 3.05) is 19.6 Å². The minimum atomic E-state index is -0.328. The van der Waals surface area contributed by atoms with Crippen LogP contribution in [-0.4, -0.2) is 24.2 Å². The number of nitrogens with one attached hydrogen (secondary N) is 1. The highest BCUT2D eigenvalue weighted by molar-refractivity contribution is 5.74. The van der Waals surface area contributed by atoms with Crippen LogP contribution in [0.3, 0.4) is 0 Å². The van der Waals surface area contributed by atoms with Crippen molar-refractivity contribution < 1.29 is 4.42 Å². The molecule has 0 aliphatic carbocycles. The summed E-state index contributed by atoms with van der Waals surface area (Å²) in [6.45, 7) is 6.59. The summed E-state index contributed by atoms with van der Waals surface area (Å²) in [6, 6.07) is 5.89. The summed E-state index contributed by atoms with van der Waals surface area (Å²) < 4.78 is 6.67. The van der Waals surface area contributed by atoms with Crippen LogP contribution < -0.4 is 16.8 Å². The van der Waals surface area contributed by atoms with Crippen LogP contribution in [0.2, 0.25) is 0 Å². The van der Waals surface area contributed by atoms with E-state index < -0.39 is 0 Å². The lowest BCUT2D eigenvalue weighted by atomic mass is 9.84. The molecular formula is C14H21N3O2. The quantitative estimate of drug-likeness (QED) is 0.788. The highest BCUT2D eigenvalue weighted by Crippen LogP contribution is 2.25. The van der Waals surface area contributed by atoms with E-state index >= 15 is 0 Å². The molecule has 2 aromatic rings. The molecule has 0 fully saturated rings. The van der Waals surface area contributed by atoms with Gasteiger partial charge in [-0.2, -0.15) is 0 Å². The number of hydrogen-bond acceptors (Lipinski definition) is 4. The molecule has 19 heavy (non-hydrogen) atoms. The Labute approximate surface area is 112 Å². The van der Waals surface area contributed by atoms with Crippen LogP contribution in [0.15, 0.2) is 27.4 Å². The Hall–Kier alpha value is -1.59. The summed E-state index contributed by atoms with van der Waals surface area (Å²) in [7, 11) is 1.72. The molecule has 0 amide bonds. The average Bonchev–Trinajstić information content (AvgIpc) is 2.65. The summed E-state index contributed by atoms with van der Waals surface area (Å²) in [4.78, 5) is 11.5. The molecule has 0 bridgehead atoms. The van der Waals surface area contributed by atoms with Crippen molar-refractivity contribution in [3.8, 4) is 0 Å². The van der Waals surface area contributed by atoms with Gasteiger partial charge >= 0.3 is 5.76 Å². The van der Waals surface area contributed by atoms with Crippen LogP contribution >= 0.6 is 0 Å². The molecule has 5 heteroatoms. The highest BCUT2D eigenvalue weighted by Gasteiger charge is 2.21. The van der Waals surface area contributed by atoms with Crippen molar-refractivity contribution in [1.29, 1.82) is 0 Å². The molecule has 0 spiro atoms. The second-order valence-electron chi connectivity index (χ2n) is 5.46. The molecule has 0 unspecified atom stereocenters. The number of nitrogens with zero attached hydrogens (tertiary/aromatic N) is 1. The van der Waals surface area contributed by atoms with E-state index in [1.54, 1.807) is 7.05 Å². The van der Waals surface area contributed by atoms with E-state index in [0.29, 0.717) is 12.1 Å². The van der Waals surface area contributed by atoms with Crippen LogP contribution in [0.1, 0.15) is 19.4 Å². The lowest BCUT2D eigenvalue weighted by molar-refractivity contribution is 0.473. The minimum Gasteiger partial charge on any atom is -0.408 e. The highest BCUT2D eigenvalue weighted by atomic mass is 16.4. The van der Waals surface area contributed by atoms with E-state index in [4.69, 9.17) is 10.2 Å². The zero-order valence-corrected chi connectivity index (χ0v) is 11.7. The number of aromatic nitrogens is 1. The molecule has 0 saturated heterocycles. The number of nitrogens with two attached hydrogens (primary N) is 1. The number of aryl methyl sites for hydroxylation is 1. The predicted molar refractivity (Wildman–Crippen MR) is 76.4 cm³/mol. The van der Waals surface area contributed by atoms with Gasteiger partial charge in [0.25, 0.3) is 0 Å². The number of benzene rings is 1. The van der Waals surface area contributed by atoms with Crippen molar-refractivity contribution in [2.45, 2.75) is 19.3 Å². The number of rotatable bonds is 5. The Kier molecular flexibility index (Phi) is 3.78. The maximum Gasteiger partial charge on any atom is 0.419 e. The van der Waals surface area contributed by atoms with E-state index in [1.165, 1.54) is 10.1 Å². The van der Waals surface area contributed by atoms with Gasteiger partial charge in [0.2, 0.25) is 0 Å². The lowest BCUT2D eigenvalue weighted by Gasteiger charge is -2.25. The van der Waals surface area contributed by atoms with Crippen molar-refractivity contribution >= 4 is 11.1 Å². The van der Waals surface area contributed by atoms with Gasteiger partial charge in [-0.05, 0) is 17.7 Å². The second-order valence-corrected chi connectivity index (χ2v) is 5.46. The molecular weight excluding hydrogens is 242 g/mol. The van der Waals surface area contributed by atoms with Crippen LogP contribution in [0.4, 0.5) is 0 Å². The fraction of sp³-hybridized carbons (Fsp3) is 0.500. The van der Waals surface area contributed by atoms with Crippen molar-refractivity contribution in [2.24, 2.45) is 12.8 Å². The van der Waals surface area contributed by atoms with Gasteiger partial charge in [0.1, 0.15) is 0 Å². The Bertz CT molecular complexity index is 625. The topological polar surface area (TPSA) is 73.2 Å². The summed E-state index contributed by atoms with van der Waals surface area (Å²) in [5.41, 5.74) is 8.07. The fourth-order valence-corrected chi connectivity index (χ4v) is 2.15. The molecule has 0 saturated carbocycles. The van der Waals surface area contributed by atoms with Gasteiger partial charge in [0.05, 0.1) is 5.52 Å². The lowest BCUT2D eigenvalue weighted by Crippen LogP contribution is -2.35. The predicted octanol–water partition coefficient (Wildman–Crippen LogP) is 0.957. The van der Waals surface area contributed by atoms with E-state index in [0.717, 1.165) is 18.6 Å². The first kappa shape index (κ1) is 13.8. The molecule has 3 N–H and O–H groups in total. The van der Waals surface area contributed by atoms with Crippen LogP contribution in [0.5, 0.6) is 0 Å². The monoisotopic (exact) mass is 263 g/mol. The first-order valence-electron chi connectivity index (χ1n) is 6.46. The van der Waals surface area contributed by atoms with Gasteiger partial charge in [0.15, 0.2) is 5.58 Å². The number of oxazole rings is 1. The van der Waals surface area contributed by atoms with Gasteiger partial charge in [-0.1, -0.05) is 19.9 Å². The van der Waals surface area contributed by atoms with Crippen molar-refractivity contribution in [3.05, 3.63) is 34.3 Å². The molecule has 104 valence electrons. The first-order chi connectivity index (χ1) is 8.95. The van der Waals surface area contributed by atoms with Gasteiger partial charge < -0.3 is 15.5 Å². The molecule has 0 atom stereocenters. The smallest absolute Gasteiger partial charge is 0.408 e. The van der Waals surface area contributed by atoms with Gasteiger partial charge in [-0.25, -0.2) is 4.79 Å². The maximum absolute atomic E-state index is 11.5. The Morgan fingerprint density at radius 3 is 2.84 bits per heavy atom. The molecule has 1 heterocycles. The van der Waals surface area contributed by atoms with Crippen LogP contribution in [-0.2, 0) is 12.5 Å². The van der Waals surface area contributed by atoms with Gasteiger partial charge in [-0.3, -0.25) is 4.57 Å².